The molecule has 0 spiro atoms. The van der Waals surface area contributed by atoms with E-state index in [0.717, 1.165) is 48.8 Å². The summed E-state index contributed by atoms with van der Waals surface area (Å²) in [5.74, 6) is 1.70. The summed E-state index contributed by atoms with van der Waals surface area (Å²) < 4.78 is 10.6. The van der Waals surface area contributed by atoms with Crippen molar-refractivity contribution in [3.05, 3.63) is 108 Å². The van der Waals surface area contributed by atoms with Crippen LogP contribution in [0.25, 0.3) is 16.3 Å². The highest BCUT2D eigenvalue weighted by Gasteiger charge is 2.06. The number of aromatic nitrogens is 1. The minimum absolute atomic E-state index is 0.773. The Balaban J connectivity index is 1.34. The molecule has 174 valence electrons. The first kappa shape index (κ1) is 23.5. The van der Waals surface area contributed by atoms with Gasteiger partial charge in [0, 0.05) is 44.0 Å². The topological polar surface area (TPSA) is 55.4 Å². The fraction of sp³-hybridized carbons (Fsp3) is 0.207. The zero-order chi connectivity index (χ0) is 23.6. The van der Waals surface area contributed by atoms with Gasteiger partial charge in [0.15, 0.2) is 0 Å². The van der Waals surface area contributed by atoms with Crippen LogP contribution in [0.4, 0.5) is 0 Å². The van der Waals surface area contributed by atoms with Crippen molar-refractivity contribution in [3.63, 3.8) is 0 Å². The number of rotatable bonds is 11. The van der Waals surface area contributed by atoms with Gasteiger partial charge in [-0.2, -0.15) is 0 Å². The molecule has 0 aliphatic heterocycles. The minimum atomic E-state index is 0.773. The van der Waals surface area contributed by atoms with Crippen molar-refractivity contribution in [2.75, 3.05) is 33.9 Å². The Labute approximate surface area is 201 Å². The van der Waals surface area contributed by atoms with Crippen molar-refractivity contribution in [2.45, 2.75) is 6.54 Å². The highest BCUT2D eigenvalue weighted by molar-refractivity contribution is 5.84. The molecule has 5 nitrogen and oxygen atoms in total. The van der Waals surface area contributed by atoms with Crippen LogP contribution in [0.1, 0.15) is 16.7 Å². The smallest absolute Gasteiger partial charge is 0.118 e. The molecule has 0 aliphatic carbocycles. The molecule has 0 atom stereocenters. The fourth-order valence-corrected chi connectivity index (χ4v) is 3.96. The normalized spacial score (nSPS) is 10.8. The second-order valence-corrected chi connectivity index (χ2v) is 7.97. The van der Waals surface area contributed by atoms with Crippen LogP contribution < -0.4 is 20.1 Å². The van der Waals surface area contributed by atoms with E-state index >= 15 is 0 Å². The van der Waals surface area contributed by atoms with Crippen LogP contribution in [0.5, 0.6) is 11.5 Å². The number of ether oxygens (including phenoxy) is 2. The van der Waals surface area contributed by atoms with E-state index in [1.165, 1.54) is 21.9 Å². The molecule has 0 aliphatic rings. The Morgan fingerprint density at radius 1 is 0.794 bits per heavy atom. The Hall–Kier alpha value is -3.67. The standard InChI is InChI=1S/C29H31N3O2/c1-33-26-10-6-22(7-11-26)28(23-8-12-27(34-2)13-9-23)14-16-30-18-19-32-21-25-5-3-4-24-20-31-17-15-29(24)25/h3-15,17,20,30,32H,16,18-19,21H2,1-2H3. The van der Waals surface area contributed by atoms with Gasteiger partial charge in [0.05, 0.1) is 14.2 Å². The van der Waals surface area contributed by atoms with E-state index in [9.17, 15) is 0 Å². The molecule has 3 aromatic carbocycles. The monoisotopic (exact) mass is 453 g/mol. The molecule has 4 aromatic rings. The van der Waals surface area contributed by atoms with E-state index in [2.05, 4.69) is 70.2 Å². The van der Waals surface area contributed by atoms with Crippen LogP contribution >= 0.6 is 0 Å². The first-order chi connectivity index (χ1) is 16.8. The largest absolute Gasteiger partial charge is 0.497 e. The third-order valence-corrected chi connectivity index (χ3v) is 5.82. The molecule has 0 unspecified atom stereocenters. The molecule has 5 heteroatoms. The minimum Gasteiger partial charge on any atom is -0.497 e. The van der Waals surface area contributed by atoms with Crippen LogP contribution in [-0.4, -0.2) is 38.8 Å². The number of methoxy groups -OCH3 is 2. The van der Waals surface area contributed by atoms with Gasteiger partial charge in [-0.15, -0.1) is 0 Å². The lowest BCUT2D eigenvalue weighted by Crippen LogP contribution is -2.27. The van der Waals surface area contributed by atoms with Gasteiger partial charge in [-0.3, -0.25) is 4.98 Å². The number of fused-ring (bicyclic) bond motifs is 1. The summed E-state index contributed by atoms with van der Waals surface area (Å²) >= 11 is 0. The van der Waals surface area contributed by atoms with E-state index in [1.54, 1.807) is 14.2 Å². The molecule has 0 fully saturated rings. The number of benzene rings is 3. The average Bonchev–Trinajstić information content (AvgIpc) is 2.90. The molecule has 0 amide bonds. The van der Waals surface area contributed by atoms with Gasteiger partial charge in [0.1, 0.15) is 11.5 Å². The average molecular weight is 454 g/mol. The van der Waals surface area contributed by atoms with Crippen LogP contribution in [0.3, 0.4) is 0 Å². The summed E-state index contributed by atoms with van der Waals surface area (Å²) in [4.78, 5) is 4.21. The van der Waals surface area contributed by atoms with Crippen LogP contribution in [0.15, 0.2) is 91.3 Å². The molecule has 1 heterocycles. The molecule has 34 heavy (non-hydrogen) atoms. The van der Waals surface area contributed by atoms with Gasteiger partial charge in [0.25, 0.3) is 0 Å². The summed E-state index contributed by atoms with van der Waals surface area (Å²) in [6.45, 7) is 3.37. The Morgan fingerprint density at radius 2 is 1.44 bits per heavy atom. The summed E-state index contributed by atoms with van der Waals surface area (Å²) in [5, 5.41) is 9.49. The maximum Gasteiger partial charge on any atom is 0.118 e. The van der Waals surface area contributed by atoms with Gasteiger partial charge in [-0.05, 0) is 58.0 Å². The lowest BCUT2D eigenvalue weighted by atomic mass is 9.97. The van der Waals surface area contributed by atoms with E-state index in [1.807, 2.05) is 36.7 Å². The molecule has 0 radical (unpaired) electrons. The quantitative estimate of drug-likeness (QED) is 0.311. The van der Waals surface area contributed by atoms with Crippen molar-refractivity contribution >= 4 is 16.3 Å². The lowest BCUT2D eigenvalue weighted by Gasteiger charge is -2.12. The van der Waals surface area contributed by atoms with E-state index in [0.29, 0.717) is 0 Å². The maximum atomic E-state index is 5.32. The summed E-state index contributed by atoms with van der Waals surface area (Å²) in [6, 6.07) is 24.8. The third kappa shape index (κ3) is 6.01. The van der Waals surface area contributed by atoms with Gasteiger partial charge in [0.2, 0.25) is 0 Å². The molecule has 2 N–H and O–H groups in total. The maximum absolute atomic E-state index is 5.32. The second-order valence-electron chi connectivity index (χ2n) is 7.97. The fourth-order valence-electron chi connectivity index (χ4n) is 3.96. The molecule has 4 rings (SSSR count). The zero-order valence-corrected chi connectivity index (χ0v) is 19.8. The number of hydrogen-bond donors (Lipinski definition) is 2. The molecular formula is C29H31N3O2. The summed E-state index contributed by atoms with van der Waals surface area (Å²) in [7, 11) is 3.37. The van der Waals surface area contributed by atoms with Crippen molar-refractivity contribution in [2.24, 2.45) is 0 Å². The van der Waals surface area contributed by atoms with Gasteiger partial charge in [-0.1, -0.05) is 48.5 Å². The van der Waals surface area contributed by atoms with Crippen molar-refractivity contribution in [1.82, 2.24) is 15.6 Å². The Morgan fingerprint density at radius 3 is 2.09 bits per heavy atom. The Bertz CT molecular complexity index is 1160. The van der Waals surface area contributed by atoms with Crippen molar-refractivity contribution in [1.29, 1.82) is 0 Å². The third-order valence-electron chi connectivity index (χ3n) is 5.82. The van der Waals surface area contributed by atoms with Gasteiger partial charge in [-0.25, -0.2) is 0 Å². The number of nitrogens with zero attached hydrogens (tertiary/aromatic N) is 1. The summed E-state index contributed by atoms with van der Waals surface area (Å²) in [5.41, 5.74) is 4.77. The van der Waals surface area contributed by atoms with Crippen LogP contribution in [0, 0.1) is 0 Å². The van der Waals surface area contributed by atoms with Gasteiger partial charge < -0.3 is 20.1 Å². The lowest BCUT2D eigenvalue weighted by molar-refractivity contribution is 0.414. The molecule has 0 bridgehead atoms. The van der Waals surface area contributed by atoms with Crippen LogP contribution in [-0.2, 0) is 6.54 Å². The van der Waals surface area contributed by atoms with E-state index in [-0.39, 0.29) is 0 Å². The molecule has 1 aromatic heterocycles. The second kappa shape index (κ2) is 12.0. The highest BCUT2D eigenvalue weighted by Crippen LogP contribution is 2.26. The number of hydrogen-bond acceptors (Lipinski definition) is 5. The first-order valence-corrected chi connectivity index (χ1v) is 11.5. The molecule has 0 saturated carbocycles. The van der Waals surface area contributed by atoms with E-state index in [4.69, 9.17) is 9.47 Å². The van der Waals surface area contributed by atoms with Crippen molar-refractivity contribution in [3.8, 4) is 11.5 Å². The Kier molecular flexibility index (Phi) is 8.27. The molecular weight excluding hydrogens is 422 g/mol. The predicted molar refractivity (Wildman–Crippen MR) is 139 cm³/mol. The van der Waals surface area contributed by atoms with E-state index < -0.39 is 0 Å². The SMILES string of the molecule is COc1ccc(C(=CCNCCNCc2cccc3cnccc23)c2ccc(OC)cc2)cc1. The zero-order valence-electron chi connectivity index (χ0n) is 19.8. The summed E-state index contributed by atoms with van der Waals surface area (Å²) in [6.07, 6.45) is 6.00. The molecule has 0 saturated heterocycles. The first-order valence-electron chi connectivity index (χ1n) is 11.5. The van der Waals surface area contributed by atoms with Crippen LogP contribution in [0.2, 0.25) is 0 Å². The predicted octanol–water partition coefficient (Wildman–Crippen LogP) is 5.06. The van der Waals surface area contributed by atoms with Gasteiger partial charge >= 0.3 is 0 Å². The highest BCUT2D eigenvalue weighted by atomic mass is 16.5. The van der Waals surface area contributed by atoms with Crippen molar-refractivity contribution < 1.29 is 9.47 Å². The number of nitrogens with one attached hydrogen (secondary N) is 2. The number of pyridine rings is 1.